The number of rotatable bonds is 5. The molecule has 1 saturated carbocycles. The summed E-state index contributed by atoms with van der Waals surface area (Å²) in [4.78, 5) is 0. The second kappa shape index (κ2) is 6.99. The van der Waals surface area contributed by atoms with E-state index in [-0.39, 0.29) is 5.41 Å². The highest BCUT2D eigenvalue weighted by atomic mass is 35.5. The maximum atomic E-state index is 11.1. The molecule has 0 bridgehead atoms. The number of methoxy groups -OCH3 is 1. The van der Waals surface area contributed by atoms with Gasteiger partial charge in [0.15, 0.2) is 0 Å². The predicted octanol–water partition coefficient (Wildman–Crippen LogP) is 3.93. The van der Waals surface area contributed by atoms with Gasteiger partial charge >= 0.3 is 0 Å². The first-order valence-electron chi connectivity index (χ1n) is 7.78. The monoisotopic (exact) mass is 311 g/mol. The van der Waals surface area contributed by atoms with Gasteiger partial charge in [-0.3, -0.25) is 0 Å². The molecule has 1 fully saturated rings. The molecule has 1 aromatic carbocycles. The van der Waals surface area contributed by atoms with Gasteiger partial charge in [-0.05, 0) is 30.9 Å². The van der Waals surface area contributed by atoms with E-state index < -0.39 is 6.10 Å². The molecule has 1 aromatic rings. The van der Waals surface area contributed by atoms with Crippen molar-refractivity contribution in [2.24, 2.45) is 17.1 Å². The molecule has 0 spiro atoms. The average Bonchev–Trinajstić information content (AvgIpc) is 2.53. The number of hydrogen-bond donors (Lipinski definition) is 2. The van der Waals surface area contributed by atoms with Crippen molar-refractivity contribution in [3.8, 4) is 5.75 Å². The SMILES string of the molecule is CCC1CCCC(CN)(C(O)c2c(Cl)cccc2OC)C1. The summed E-state index contributed by atoms with van der Waals surface area (Å²) in [5, 5.41) is 11.6. The van der Waals surface area contributed by atoms with Crippen LogP contribution in [0.1, 0.15) is 50.7 Å². The van der Waals surface area contributed by atoms with E-state index in [1.54, 1.807) is 13.2 Å². The Morgan fingerprint density at radius 1 is 1.52 bits per heavy atom. The molecule has 0 radical (unpaired) electrons. The molecule has 3 nitrogen and oxygen atoms in total. The molecule has 3 atom stereocenters. The molecule has 3 unspecified atom stereocenters. The lowest BCUT2D eigenvalue weighted by Gasteiger charge is -2.44. The molecule has 1 aliphatic rings. The summed E-state index contributed by atoms with van der Waals surface area (Å²) in [6.45, 7) is 2.68. The standard InChI is InChI=1S/C17H26ClNO2/c1-3-12-6-5-9-17(10-12,11-19)16(20)15-13(18)7-4-8-14(15)21-2/h4,7-8,12,16,20H,3,5-6,9-11,19H2,1-2H3. The van der Waals surface area contributed by atoms with Crippen LogP contribution in [-0.4, -0.2) is 18.8 Å². The third-order valence-electron chi connectivity index (χ3n) is 5.05. The Kier molecular flexibility index (Phi) is 5.53. The minimum atomic E-state index is -0.680. The van der Waals surface area contributed by atoms with E-state index >= 15 is 0 Å². The number of aliphatic hydroxyl groups excluding tert-OH is 1. The van der Waals surface area contributed by atoms with Crippen molar-refractivity contribution in [1.82, 2.24) is 0 Å². The van der Waals surface area contributed by atoms with Crippen LogP contribution in [0, 0.1) is 11.3 Å². The van der Waals surface area contributed by atoms with Crippen LogP contribution < -0.4 is 10.5 Å². The van der Waals surface area contributed by atoms with E-state index in [2.05, 4.69) is 6.92 Å². The van der Waals surface area contributed by atoms with Gasteiger partial charge in [0.1, 0.15) is 5.75 Å². The molecule has 21 heavy (non-hydrogen) atoms. The molecule has 0 saturated heterocycles. The number of nitrogens with two attached hydrogens (primary N) is 1. The Morgan fingerprint density at radius 2 is 2.29 bits per heavy atom. The molecule has 0 heterocycles. The van der Waals surface area contributed by atoms with Crippen LogP contribution in [0.15, 0.2) is 18.2 Å². The van der Waals surface area contributed by atoms with Crippen LogP contribution in [0.5, 0.6) is 5.75 Å². The third kappa shape index (κ3) is 3.20. The van der Waals surface area contributed by atoms with Crippen molar-refractivity contribution in [3.63, 3.8) is 0 Å². The van der Waals surface area contributed by atoms with Gasteiger partial charge in [-0.2, -0.15) is 0 Å². The van der Waals surface area contributed by atoms with E-state index in [9.17, 15) is 5.11 Å². The van der Waals surface area contributed by atoms with E-state index in [0.29, 0.717) is 28.8 Å². The molecule has 0 aliphatic heterocycles. The van der Waals surface area contributed by atoms with Gasteiger partial charge in [-0.1, -0.05) is 43.9 Å². The zero-order chi connectivity index (χ0) is 15.5. The van der Waals surface area contributed by atoms with Crippen molar-refractivity contribution < 1.29 is 9.84 Å². The summed E-state index contributed by atoms with van der Waals surface area (Å²) >= 11 is 6.33. The van der Waals surface area contributed by atoms with Gasteiger partial charge in [0.25, 0.3) is 0 Å². The topological polar surface area (TPSA) is 55.5 Å². The fraction of sp³-hybridized carbons (Fsp3) is 0.647. The van der Waals surface area contributed by atoms with Gasteiger partial charge in [0, 0.05) is 17.5 Å². The van der Waals surface area contributed by atoms with Gasteiger partial charge in [-0.25, -0.2) is 0 Å². The number of halogens is 1. The summed E-state index contributed by atoms with van der Waals surface area (Å²) in [5.74, 6) is 1.27. The molecule has 4 heteroatoms. The summed E-state index contributed by atoms with van der Waals surface area (Å²) in [6, 6.07) is 5.48. The smallest absolute Gasteiger partial charge is 0.126 e. The lowest BCUT2D eigenvalue weighted by Crippen LogP contribution is -2.41. The maximum Gasteiger partial charge on any atom is 0.126 e. The lowest BCUT2D eigenvalue weighted by molar-refractivity contribution is -0.0173. The number of benzene rings is 1. The van der Waals surface area contributed by atoms with Crippen LogP contribution in [0.3, 0.4) is 0 Å². The highest BCUT2D eigenvalue weighted by Gasteiger charge is 2.43. The van der Waals surface area contributed by atoms with Crippen LogP contribution >= 0.6 is 11.6 Å². The first-order chi connectivity index (χ1) is 10.1. The Balaban J connectivity index is 2.38. The molecule has 118 valence electrons. The van der Waals surface area contributed by atoms with E-state index in [1.165, 1.54) is 6.42 Å². The quantitative estimate of drug-likeness (QED) is 0.866. The largest absolute Gasteiger partial charge is 0.496 e. The highest BCUT2D eigenvalue weighted by Crippen LogP contribution is 2.51. The summed E-state index contributed by atoms with van der Waals surface area (Å²) < 4.78 is 5.40. The molecule has 3 N–H and O–H groups in total. The number of ether oxygens (including phenoxy) is 1. The van der Waals surface area contributed by atoms with Crippen molar-refractivity contribution in [1.29, 1.82) is 0 Å². The van der Waals surface area contributed by atoms with Crippen LogP contribution in [-0.2, 0) is 0 Å². The van der Waals surface area contributed by atoms with Crippen molar-refractivity contribution in [3.05, 3.63) is 28.8 Å². The second-order valence-electron chi connectivity index (χ2n) is 6.20. The predicted molar refractivity (Wildman–Crippen MR) is 86.7 cm³/mol. The average molecular weight is 312 g/mol. The molecule has 1 aliphatic carbocycles. The van der Waals surface area contributed by atoms with E-state index in [4.69, 9.17) is 22.1 Å². The van der Waals surface area contributed by atoms with Crippen LogP contribution in [0.4, 0.5) is 0 Å². The molecule has 2 rings (SSSR count). The first kappa shape index (κ1) is 16.6. The van der Waals surface area contributed by atoms with Gasteiger partial charge in [-0.15, -0.1) is 0 Å². The Labute approximate surface area is 132 Å². The Morgan fingerprint density at radius 3 is 2.90 bits per heavy atom. The van der Waals surface area contributed by atoms with E-state index in [1.807, 2.05) is 12.1 Å². The summed E-state index contributed by atoms with van der Waals surface area (Å²) in [7, 11) is 1.60. The van der Waals surface area contributed by atoms with Gasteiger partial charge < -0.3 is 15.6 Å². The minimum Gasteiger partial charge on any atom is -0.496 e. The van der Waals surface area contributed by atoms with E-state index in [0.717, 1.165) is 25.7 Å². The van der Waals surface area contributed by atoms with Crippen LogP contribution in [0.2, 0.25) is 5.02 Å². The molecule has 0 amide bonds. The van der Waals surface area contributed by atoms with Gasteiger partial charge in [0.2, 0.25) is 0 Å². The maximum absolute atomic E-state index is 11.1. The minimum absolute atomic E-state index is 0.294. The Hall–Kier alpha value is -0.770. The zero-order valence-corrected chi connectivity index (χ0v) is 13.7. The van der Waals surface area contributed by atoms with Crippen molar-refractivity contribution in [2.45, 2.75) is 45.1 Å². The second-order valence-corrected chi connectivity index (χ2v) is 6.60. The Bertz CT molecular complexity index is 480. The number of hydrogen-bond acceptors (Lipinski definition) is 3. The molecule has 0 aromatic heterocycles. The lowest BCUT2D eigenvalue weighted by atomic mass is 9.64. The molecular formula is C17H26ClNO2. The molecular weight excluding hydrogens is 286 g/mol. The van der Waals surface area contributed by atoms with Crippen LogP contribution in [0.25, 0.3) is 0 Å². The zero-order valence-electron chi connectivity index (χ0n) is 12.9. The first-order valence-corrected chi connectivity index (χ1v) is 8.16. The fourth-order valence-corrected chi connectivity index (χ4v) is 3.95. The van der Waals surface area contributed by atoms with Gasteiger partial charge in [0.05, 0.1) is 18.2 Å². The normalized spacial score (nSPS) is 27.4. The summed E-state index contributed by atoms with van der Waals surface area (Å²) in [5.41, 5.74) is 6.48. The fourth-order valence-electron chi connectivity index (χ4n) is 3.68. The third-order valence-corrected chi connectivity index (χ3v) is 5.38. The van der Waals surface area contributed by atoms with Crippen molar-refractivity contribution >= 4 is 11.6 Å². The highest BCUT2D eigenvalue weighted by molar-refractivity contribution is 6.31. The number of aliphatic hydroxyl groups is 1. The van der Waals surface area contributed by atoms with Crippen molar-refractivity contribution in [2.75, 3.05) is 13.7 Å². The summed E-state index contributed by atoms with van der Waals surface area (Å²) in [6.07, 6.45) is 4.68.